The molecule has 0 aliphatic carbocycles. The largest absolute Gasteiger partial charge is 0.481 e. The number of amides is 1. The van der Waals surface area contributed by atoms with Crippen LogP contribution in [0.2, 0.25) is 0 Å². The summed E-state index contributed by atoms with van der Waals surface area (Å²) in [5.41, 5.74) is 5.52. The maximum atomic E-state index is 11.5. The van der Waals surface area contributed by atoms with Crippen LogP contribution in [0.5, 0.6) is 0 Å². The molecule has 3 N–H and O–H groups in total. The number of nitrogens with zero attached hydrogens (tertiary/aromatic N) is 2. The Bertz CT molecular complexity index is 616. The summed E-state index contributed by atoms with van der Waals surface area (Å²) in [7, 11) is 0. The van der Waals surface area contributed by atoms with Crippen LogP contribution < -0.4 is 10.6 Å². The van der Waals surface area contributed by atoms with Gasteiger partial charge in [-0.1, -0.05) is 0 Å². The smallest absolute Gasteiger partial charge is 0.308 e. The Balaban J connectivity index is 2.42. The van der Waals surface area contributed by atoms with Crippen LogP contribution >= 0.6 is 0 Å². The van der Waals surface area contributed by atoms with E-state index in [4.69, 9.17) is 10.8 Å². The number of primary amides is 1. The van der Waals surface area contributed by atoms with Gasteiger partial charge in [0.15, 0.2) is 0 Å². The number of rotatable bonds is 4. The zero-order chi connectivity index (χ0) is 15.7. The molecule has 2 unspecified atom stereocenters. The van der Waals surface area contributed by atoms with E-state index >= 15 is 0 Å². The third-order valence-electron chi connectivity index (χ3n) is 3.84. The first-order chi connectivity index (χ1) is 9.82. The molecule has 0 bridgehead atoms. The highest BCUT2D eigenvalue weighted by Crippen LogP contribution is 2.33. The number of carbonyl (C=O) groups excluding carboxylic acids is 1. The molecule has 8 heteroatoms. The Labute approximate surface area is 120 Å². The molecule has 1 aromatic carbocycles. The van der Waals surface area contributed by atoms with Gasteiger partial charge in [-0.05, 0) is 19.4 Å². The van der Waals surface area contributed by atoms with E-state index < -0.39 is 22.7 Å². The van der Waals surface area contributed by atoms with Crippen molar-refractivity contribution in [2.75, 3.05) is 11.4 Å². The summed E-state index contributed by atoms with van der Waals surface area (Å²) < 4.78 is 0. The standard InChI is InChI=1S/C13H15N3O5/c1-7-9(13(18)19)4-5-15(7)11-3-2-8(16(20)21)6-10(11)12(14)17/h2-3,6-7,9H,4-5H2,1H3,(H2,14,17)(H,18,19). The quantitative estimate of drug-likeness (QED) is 0.629. The van der Waals surface area contributed by atoms with Crippen molar-refractivity contribution in [3.63, 3.8) is 0 Å². The number of hydrogen-bond acceptors (Lipinski definition) is 5. The molecule has 1 amide bonds. The van der Waals surface area contributed by atoms with Gasteiger partial charge in [0, 0.05) is 24.7 Å². The van der Waals surface area contributed by atoms with Gasteiger partial charge in [0.2, 0.25) is 0 Å². The maximum Gasteiger partial charge on any atom is 0.308 e. The first kappa shape index (κ1) is 14.8. The van der Waals surface area contributed by atoms with E-state index in [1.807, 2.05) is 0 Å². The summed E-state index contributed by atoms with van der Waals surface area (Å²) in [5.74, 6) is -2.21. The molecule has 2 atom stereocenters. The molecule has 0 saturated carbocycles. The topological polar surface area (TPSA) is 127 Å². The van der Waals surface area contributed by atoms with Crippen molar-refractivity contribution in [1.82, 2.24) is 0 Å². The van der Waals surface area contributed by atoms with Crippen LogP contribution in [-0.4, -0.2) is 34.5 Å². The van der Waals surface area contributed by atoms with Crippen LogP contribution in [0.1, 0.15) is 23.7 Å². The number of nitro benzene ring substituents is 1. The molecule has 0 spiro atoms. The first-order valence-corrected chi connectivity index (χ1v) is 6.40. The van der Waals surface area contributed by atoms with E-state index in [2.05, 4.69) is 0 Å². The number of nitro groups is 1. The van der Waals surface area contributed by atoms with Gasteiger partial charge in [0.25, 0.3) is 11.6 Å². The molecular formula is C13H15N3O5. The number of aliphatic carboxylic acids is 1. The summed E-state index contributed by atoms with van der Waals surface area (Å²) in [5, 5.41) is 19.9. The van der Waals surface area contributed by atoms with Crippen molar-refractivity contribution in [3.05, 3.63) is 33.9 Å². The molecule has 0 radical (unpaired) electrons. The molecule has 8 nitrogen and oxygen atoms in total. The van der Waals surface area contributed by atoms with Gasteiger partial charge in [-0.3, -0.25) is 19.7 Å². The van der Waals surface area contributed by atoms with E-state index in [9.17, 15) is 19.7 Å². The summed E-state index contributed by atoms with van der Waals surface area (Å²) in [6.07, 6.45) is 0.450. The number of hydrogen-bond donors (Lipinski definition) is 2. The van der Waals surface area contributed by atoms with Crippen LogP contribution in [0.25, 0.3) is 0 Å². The van der Waals surface area contributed by atoms with Crippen molar-refractivity contribution in [3.8, 4) is 0 Å². The van der Waals surface area contributed by atoms with E-state index in [-0.39, 0.29) is 17.3 Å². The Morgan fingerprint density at radius 3 is 2.62 bits per heavy atom. The van der Waals surface area contributed by atoms with Crippen LogP contribution in [0.3, 0.4) is 0 Å². The van der Waals surface area contributed by atoms with Crippen molar-refractivity contribution in [2.24, 2.45) is 11.7 Å². The fraction of sp³-hybridized carbons (Fsp3) is 0.385. The van der Waals surface area contributed by atoms with Crippen LogP contribution in [0, 0.1) is 16.0 Å². The Morgan fingerprint density at radius 2 is 2.14 bits per heavy atom. The highest BCUT2D eigenvalue weighted by Gasteiger charge is 2.37. The van der Waals surface area contributed by atoms with Gasteiger partial charge >= 0.3 is 5.97 Å². The molecule has 0 aromatic heterocycles. The van der Waals surface area contributed by atoms with E-state index in [1.165, 1.54) is 12.1 Å². The predicted molar refractivity (Wildman–Crippen MR) is 74.2 cm³/mol. The maximum absolute atomic E-state index is 11.5. The van der Waals surface area contributed by atoms with Crippen LogP contribution in [0.15, 0.2) is 18.2 Å². The molecule has 2 rings (SSSR count). The zero-order valence-corrected chi connectivity index (χ0v) is 11.4. The fourth-order valence-corrected chi connectivity index (χ4v) is 2.70. The normalized spacial score (nSPS) is 21.3. The van der Waals surface area contributed by atoms with E-state index in [1.54, 1.807) is 11.8 Å². The summed E-state index contributed by atoms with van der Waals surface area (Å²) in [6, 6.07) is 3.53. The third-order valence-corrected chi connectivity index (χ3v) is 3.84. The summed E-state index contributed by atoms with van der Waals surface area (Å²) in [4.78, 5) is 34.6. The second-order valence-electron chi connectivity index (χ2n) is 4.99. The number of non-ortho nitro benzene ring substituents is 1. The van der Waals surface area contributed by atoms with Crippen molar-refractivity contribution < 1.29 is 19.6 Å². The zero-order valence-electron chi connectivity index (χ0n) is 11.4. The molecule has 1 saturated heterocycles. The molecular weight excluding hydrogens is 278 g/mol. The molecule has 1 heterocycles. The van der Waals surface area contributed by atoms with Gasteiger partial charge in [-0.15, -0.1) is 0 Å². The van der Waals surface area contributed by atoms with Crippen LogP contribution in [-0.2, 0) is 4.79 Å². The number of anilines is 1. The second-order valence-corrected chi connectivity index (χ2v) is 4.99. The predicted octanol–water partition coefficient (Wildman–Crippen LogP) is 0.993. The number of carbonyl (C=O) groups is 2. The SMILES string of the molecule is CC1C(C(=O)O)CCN1c1ccc([N+](=O)[O-])cc1C(N)=O. The second kappa shape index (κ2) is 5.39. The molecule has 1 aliphatic heterocycles. The monoisotopic (exact) mass is 293 g/mol. The van der Waals surface area contributed by atoms with E-state index in [0.29, 0.717) is 18.7 Å². The minimum absolute atomic E-state index is 0.0297. The number of carboxylic acids is 1. The number of carboxylic acid groups (broad SMARTS) is 1. The van der Waals surface area contributed by atoms with Gasteiger partial charge in [0.05, 0.1) is 22.1 Å². The molecule has 21 heavy (non-hydrogen) atoms. The van der Waals surface area contributed by atoms with Gasteiger partial charge in [-0.25, -0.2) is 0 Å². The molecule has 1 fully saturated rings. The summed E-state index contributed by atoms with van der Waals surface area (Å²) in [6.45, 7) is 2.20. The number of nitrogens with two attached hydrogens (primary N) is 1. The molecule has 112 valence electrons. The Hall–Kier alpha value is -2.64. The van der Waals surface area contributed by atoms with E-state index in [0.717, 1.165) is 6.07 Å². The average molecular weight is 293 g/mol. The molecule has 1 aliphatic rings. The molecule has 1 aromatic rings. The van der Waals surface area contributed by atoms with Gasteiger partial charge in [0.1, 0.15) is 0 Å². The summed E-state index contributed by atoms with van der Waals surface area (Å²) >= 11 is 0. The Kier molecular flexibility index (Phi) is 3.79. The lowest BCUT2D eigenvalue weighted by molar-refractivity contribution is -0.384. The highest BCUT2D eigenvalue weighted by molar-refractivity contribution is 5.99. The minimum atomic E-state index is -0.896. The van der Waals surface area contributed by atoms with Crippen molar-refractivity contribution >= 4 is 23.3 Å². The van der Waals surface area contributed by atoms with Gasteiger partial charge < -0.3 is 15.7 Å². The fourth-order valence-electron chi connectivity index (χ4n) is 2.70. The minimum Gasteiger partial charge on any atom is -0.481 e. The van der Waals surface area contributed by atoms with Crippen molar-refractivity contribution in [1.29, 1.82) is 0 Å². The lowest BCUT2D eigenvalue weighted by Gasteiger charge is -2.26. The third kappa shape index (κ3) is 2.64. The van der Waals surface area contributed by atoms with Crippen LogP contribution in [0.4, 0.5) is 11.4 Å². The van der Waals surface area contributed by atoms with Gasteiger partial charge in [-0.2, -0.15) is 0 Å². The highest BCUT2D eigenvalue weighted by atomic mass is 16.6. The van der Waals surface area contributed by atoms with Crippen molar-refractivity contribution in [2.45, 2.75) is 19.4 Å². The lowest BCUT2D eigenvalue weighted by Crippen LogP contribution is -2.34. The number of benzene rings is 1. The first-order valence-electron chi connectivity index (χ1n) is 6.40. The Morgan fingerprint density at radius 1 is 1.48 bits per heavy atom. The lowest BCUT2D eigenvalue weighted by atomic mass is 10.0. The average Bonchev–Trinajstić information content (AvgIpc) is 2.79.